The van der Waals surface area contributed by atoms with E-state index in [0.29, 0.717) is 36.6 Å². The van der Waals surface area contributed by atoms with E-state index in [1.807, 2.05) is 32.0 Å². The normalized spacial score (nSPS) is 19.4. The van der Waals surface area contributed by atoms with Gasteiger partial charge in [0.15, 0.2) is 0 Å². The second-order valence-electron chi connectivity index (χ2n) is 10.5. The third-order valence-corrected chi connectivity index (χ3v) is 8.10. The van der Waals surface area contributed by atoms with Crippen LogP contribution in [0.25, 0.3) is 11.3 Å². The smallest absolute Gasteiger partial charge is 0.264 e. The fraction of sp³-hybridized carbons (Fsp3) is 0.429. The predicted molar refractivity (Wildman–Crippen MR) is 142 cm³/mol. The number of aryl methyl sites for hydroxylation is 2. The van der Waals surface area contributed by atoms with Gasteiger partial charge in [-0.2, -0.15) is 4.98 Å². The van der Waals surface area contributed by atoms with Gasteiger partial charge >= 0.3 is 0 Å². The number of nitrogens with zero attached hydrogens (tertiary/aromatic N) is 2. The molecule has 0 spiro atoms. The number of aromatic nitrogens is 2. The number of ether oxygens (including phenoxy) is 1. The first-order valence-corrected chi connectivity index (χ1v) is 14.1. The Balaban J connectivity index is 1.62. The van der Waals surface area contributed by atoms with Gasteiger partial charge in [0.2, 0.25) is 11.8 Å². The van der Waals surface area contributed by atoms with E-state index >= 15 is 0 Å². The molecule has 36 heavy (non-hydrogen) atoms. The topological polar surface area (TPSA) is 93.2 Å². The Bertz CT molecular complexity index is 1360. The molecule has 2 N–H and O–H groups in total. The van der Waals surface area contributed by atoms with Crippen LogP contribution in [0.15, 0.2) is 47.4 Å². The van der Waals surface area contributed by atoms with Crippen molar-refractivity contribution in [3.8, 4) is 17.1 Å². The predicted octanol–water partition coefficient (Wildman–Crippen LogP) is 5.34. The summed E-state index contributed by atoms with van der Waals surface area (Å²) in [6, 6.07) is 13.6. The Hall–Kier alpha value is -2.97. The number of hydrogen-bond acceptors (Lipinski definition) is 6. The van der Waals surface area contributed by atoms with E-state index in [9.17, 15) is 8.42 Å². The van der Waals surface area contributed by atoms with Crippen molar-refractivity contribution >= 4 is 16.0 Å². The lowest BCUT2D eigenvalue weighted by Gasteiger charge is -2.21. The zero-order chi connectivity index (χ0) is 25.4. The highest BCUT2D eigenvalue weighted by molar-refractivity contribution is 7.92. The van der Waals surface area contributed by atoms with E-state index in [4.69, 9.17) is 4.74 Å². The first kappa shape index (κ1) is 24.7. The maximum Gasteiger partial charge on any atom is 0.264 e. The zero-order valence-corrected chi connectivity index (χ0v) is 22.2. The van der Waals surface area contributed by atoms with E-state index < -0.39 is 10.0 Å². The van der Waals surface area contributed by atoms with Crippen LogP contribution in [0.4, 0.5) is 5.95 Å². The summed E-state index contributed by atoms with van der Waals surface area (Å²) in [6.07, 6.45) is 3.11. The van der Waals surface area contributed by atoms with Crippen LogP contribution < -0.4 is 14.8 Å². The molecule has 1 fully saturated rings. The fourth-order valence-electron chi connectivity index (χ4n) is 4.89. The van der Waals surface area contributed by atoms with Gasteiger partial charge in [-0.3, -0.25) is 0 Å². The van der Waals surface area contributed by atoms with Crippen LogP contribution in [-0.2, 0) is 16.6 Å². The summed E-state index contributed by atoms with van der Waals surface area (Å²) >= 11 is 0. The molecule has 2 aromatic carbocycles. The van der Waals surface area contributed by atoms with Gasteiger partial charge in [-0.1, -0.05) is 38.1 Å². The zero-order valence-electron chi connectivity index (χ0n) is 21.3. The Morgan fingerprint density at radius 1 is 1.06 bits per heavy atom. The van der Waals surface area contributed by atoms with Gasteiger partial charge in [0.1, 0.15) is 6.61 Å². The molecule has 3 aromatic rings. The molecular weight excluding hydrogens is 472 g/mol. The van der Waals surface area contributed by atoms with E-state index in [2.05, 4.69) is 39.9 Å². The van der Waals surface area contributed by atoms with Gasteiger partial charge in [-0.15, -0.1) is 0 Å². The highest BCUT2D eigenvalue weighted by Gasteiger charge is 2.27. The highest BCUT2D eigenvalue weighted by Crippen LogP contribution is 2.41. The average Bonchev–Trinajstić information content (AvgIpc) is 3.65. The minimum atomic E-state index is -3.90. The van der Waals surface area contributed by atoms with Crippen molar-refractivity contribution in [2.24, 2.45) is 5.92 Å². The van der Waals surface area contributed by atoms with E-state index in [1.165, 1.54) is 0 Å². The number of sulfonamides is 1. The van der Waals surface area contributed by atoms with E-state index in [1.54, 1.807) is 18.2 Å². The summed E-state index contributed by atoms with van der Waals surface area (Å²) in [6.45, 7) is 9.40. The van der Waals surface area contributed by atoms with Crippen LogP contribution in [0, 0.1) is 19.8 Å². The number of hydrogen-bond donors (Lipinski definition) is 2. The maximum atomic E-state index is 13.5. The lowest BCUT2D eigenvalue weighted by molar-refractivity contribution is 0.236. The van der Waals surface area contributed by atoms with Crippen molar-refractivity contribution in [2.45, 2.75) is 70.4 Å². The minimum Gasteiger partial charge on any atom is -0.476 e. The van der Waals surface area contributed by atoms with E-state index in [-0.39, 0.29) is 16.9 Å². The first-order valence-electron chi connectivity index (χ1n) is 12.7. The Morgan fingerprint density at radius 2 is 1.81 bits per heavy atom. The van der Waals surface area contributed by atoms with Gasteiger partial charge in [-0.05, 0) is 79.3 Å². The Labute approximate surface area is 213 Å². The number of fused-ring (bicyclic) bond motifs is 4. The molecule has 0 radical (unpaired) electrons. The van der Waals surface area contributed by atoms with Crippen molar-refractivity contribution in [3.63, 3.8) is 0 Å². The fourth-order valence-corrected chi connectivity index (χ4v) is 5.94. The number of rotatable bonds is 4. The monoisotopic (exact) mass is 506 g/mol. The van der Waals surface area contributed by atoms with Gasteiger partial charge < -0.3 is 10.1 Å². The molecule has 190 valence electrons. The molecule has 8 heteroatoms. The molecular formula is C28H34N4O3S. The van der Waals surface area contributed by atoms with Crippen LogP contribution in [-0.4, -0.2) is 31.0 Å². The first-order chi connectivity index (χ1) is 17.2. The summed E-state index contributed by atoms with van der Waals surface area (Å²) in [5.74, 6) is 1.26. The lowest BCUT2D eigenvalue weighted by atomic mass is 10.00. The summed E-state index contributed by atoms with van der Waals surface area (Å²) in [5.41, 5.74) is 5.71. The molecule has 1 aliphatic carbocycles. The third-order valence-electron chi connectivity index (χ3n) is 6.80. The summed E-state index contributed by atoms with van der Waals surface area (Å²) < 4.78 is 35.8. The largest absolute Gasteiger partial charge is 0.476 e. The summed E-state index contributed by atoms with van der Waals surface area (Å²) in [4.78, 5) is 9.31. The lowest BCUT2D eigenvalue weighted by Crippen LogP contribution is -2.35. The van der Waals surface area contributed by atoms with Gasteiger partial charge in [0.25, 0.3) is 10.0 Å². The van der Waals surface area contributed by atoms with Crippen molar-refractivity contribution in [3.05, 3.63) is 64.7 Å². The molecule has 1 saturated carbocycles. The SMILES string of the molecule is Cc1cccc(C)c1-c1cc2nc(n1)NS(=O)(=O)c1cc(cc(C3CC3)c1)CN[C@H](CC(C)C)CO2. The average molecular weight is 507 g/mol. The molecule has 1 aliphatic heterocycles. The minimum absolute atomic E-state index is 0.0103. The molecule has 4 bridgehead atoms. The molecule has 0 amide bonds. The quantitative estimate of drug-likeness (QED) is 0.496. The Morgan fingerprint density at radius 3 is 2.50 bits per heavy atom. The van der Waals surface area contributed by atoms with E-state index in [0.717, 1.165) is 47.1 Å². The molecule has 2 heterocycles. The van der Waals surface area contributed by atoms with Crippen molar-refractivity contribution in [1.29, 1.82) is 0 Å². The second kappa shape index (κ2) is 9.82. The summed E-state index contributed by atoms with van der Waals surface area (Å²) in [7, 11) is -3.90. The summed E-state index contributed by atoms with van der Waals surface area (Å²) in [5, 5.41) is 3.60. The van der Waals surface area contributed by atoms with Gasteiger partial charge in [0.05, 0.1) is 10.6 Å². The van der Waals surface area contributed by atoms with Crippen molar-refractivity contribution < 1.29 is 13.2 Å². The van der Waals surface area contributed by atoms with Gasteiger partial charge in [0, 0.05) is 24.2 Å². The van der Waals surface area contributed by atoms with Crippen molar-refractivity contribution in [2.75, 3.05) is 11.3 Å². The Kier molecular flexibility index (Phi) is 6.74. The van der Waals surface area contributed by atoms with Crippen LogP contribution in [0.2, 0.25) is 0 Å². The number of nitrogens with one attached hydrogen (secondary N) is 2. The number of benzene rings is 2. The molecule has 1 atom stereocenters. The standard InChI is InChI=1S/C28H34N4O3S/c1-17(2)10-23-16-35-26-14-25(27-18(3)6-5-7-19(27)4)30-28(31-26)32-36(33,34)24-12-20(15-29-23)11-22(13-24)21-8-9-21/h5-7,11-14,17,21,23,29H,8-10,15-16H2,1-4H3,(H,30,31,32)/t23-/m1/s1. The molecule has 7 nitrogen and oxygen atoms in total. The van der Waals surface area contributed by atoms with Crippen LogP contribution >= 0.6 is 0 Å². The molecule has 1 aromatic heterocycles. The molecule has 2 aliphatic rings. The molecule has 0 saturated heterocycles. The molecule has 5 rings (SSSR count). The van der Waals surface area contributed by atoms with Crippen LogP contribution in [0.1, 0.15) is 61.3 Å². The molecule has 0 unspecified atom stereocenters. The van der Waals surface area contributed by atoms with Crippen LogP contribution in [0.3, 0.4) is 0 Å². The highest BCUT2D eigenvalue weighted by atomic mass is 32.2. The van der Waals surface area contributed by atoms with Gasteiger partial charge in [-0.25, -0.2) is 18.1 Å². The second-order valence-corrected chi connectivity index (χ2v) is 12.2. The maximum absolute atomic E-state index is 13.5. The third kappa shape index (κ3) is 5.55. The number of anilines is 1. The van der Waals surface area contributed by atoms with Crippen molar-refractivity contribution in [1.82, 2.24) is 15.3 Å². The van der Waals surface area contributed by atoms with Crippen LogP contribution in [0.5, 0.6) is 5.88 Å².